The molecule has 5 heteroatoms. The van der Waals surface area contributed by atoms with Gasteiger partial charge in [0.05, 0.1) is 14.2 Å². The number of hydrogen-bond acceptors (Lipinski definition) is 4. The summed E-state index contributed by atoms with van der Waals surface area (Å²) < 4.78 is 10.8. The summed E-state index contributed by atoms with van der Waals surface area (Å²) >= 11 is 1.56. The summed E-state index contributed by atoms with van der Waals surface area (Å²) in [5.74, 6) is 1.36. The molecular formula is C16H22N2O2S. The Morgan fingerprint density at radius 2 is 1.71 bits per heavy atom. The summed E-state index contributed by atoms with van der Waals surface area (Å²) in [6.45, 7) is 8.96. The maximum atomic E-state index is 5.38. The van der Waals surface area contributed by atoms with E-state index in [-0.39, 0.29) is 0 Å². The lowest BCUT2D eigenvalue weighted by Crippen LogP contribution is -2.28. The summed E-state index contributed by atoms with van der Waals surface area (Å²) in [6.07, 6.45) is 5.67. The van der Waals surface area contributed by atoms with Crippen molar-refractivity contribution < 1.29 is 9.47 Å². The second-order valence-corrected chi connectivity index (χ2v) is 4.87. The highest BCUT2D eigenvalue weighted by molar-refractivity contribution is 8.13. The van der Waals surface area contributed by atoms with Gasteiger partial charge in [-0.3, -0.25) is 0 Å². The molecule has 21 heavy (non-hydrogen) atoms. The van der Waals surface area contributed by atoms with Crippen LogP contribution in [0.5, 0.6) is 11.5 Å². The number of nitrogens with zero attached hydrogens (tertiary/aromatic N) is 2. The molecule has 0 unspecified atom stereocenters. The molecule has 0 saturated carbocycles. The predicted molar refractivity (Wildman–Crippen MR) is 92.1 cm³/mol. The number of amidine groups is 1. The maximum absolute atomic E-state index is 5.38. The molecule has 1 aromatic rings. The van der Waals surface area contributed by atoms with Crippen molar-refractivity contribution in [1.29, 1.82) is 0 Å². The largest absolute Gasteiger partial charge is 0.494 e. The Labute approximate surface area is 131 Å². The van der Waals surface area contributed by atoms with Crippen LogP contribution >= 0.6 is 11.8 Å². The van der Waals surface area contributed by atoms with Crippen LogP contribution in [-0.4, -0.2) is 43.6 Å². The predicted octanol–water partition coefficient (Wildman–Crippen LogP) is 3.73. The van der Waals surface area contributed by atoms with Gasteiger partial charge in [-0.2, -0.15) is 0 Å². The fourth-order valence-corrected chi connectivity index (χ4v) is 2.42. The van der Waals surface area contributed by atoms with Crippen LogP contribution in [0, 0.1) is 0 Å². The molecule has 0 amide bonds. The summed E-state index contributed by atoms with van der Waals surface area (Å²) in [5.41, 5.74) is 0.685. The average molecular weight is 306 g/mol. The highest BCUT2D eigenvalue weighted by Crippen LogP contribution is 2.37. The summed E-state index contributed by atoms with van der Waals surface area (Å²) in [5, 5.41) is 0.859. The molecule has 0 bridgehead atoms. The van der Waals surface area contributed by atoms with Gasteiger partial charge in [-0.1, -0.05) is 30.0 Å². The van der Waals surface area contributed by atoms with E-state index in [2.05, 4.69) is 18.1 Å². The lowest BCUT2D eigenvalue weighted by molar-refractivity contribution is 0.396. The Balaban J connectivity index is 3.28. The van der Waals surface area contributed by atoms with E-state index in [9.17, 15) is 0 Å². The molecule has 0 fully saturated rings. The maximum Gasteiger partial charge on any atom is 0.165 e. The first-order valence-electron chi connectivity index (χ1n) is 6.52. The topological polar surface area (TPSA) is 34.1 Å². The molecule has 0 aromatic heterocycles. The van der Waals surface area contributed by atoms with Gasteiger partial charge in [0, 0.05) is 13.1 Å². The monoisotopic (exact) mass is 306 g/mol. The molecule has 0 heterocycles. The third-order valence-electron chi connectivity index (χ3n) is 2.76. The van der Waals surface area contributed by atoms with Crippen molar-refractivity contribution in [1.82, 2.24) is 4.90 Å². The van der Waals surface area contributed by atoms with E-state index >= 15 is 0 Å². The Bertz CT molecular complexity index is 483. The SMILES string of the molecule is C=CCN(CC=C)C(=Nc1c(OC)cccc1OC)SC. The minimum atomic E-state index is 0.679. The Morgan fingerprint density at radius 3 is 2.10 bits per heavy atom. The zero-order valence-corrected chi connectivity index (χ0v) is 13.7. The number of rotatable bonds is 7. The molecule has 0 aliphatic carbocycles. The zero-order valence-electron chi connectivity index (χ0n) is 12.8. The fourth-order valence-electron chi connectivity index (χ4n) is 1.83. The number of thioether (sulfide) groups is 1. The van der Waals surface area contributed by atoms with Gasteiger partial charge in [-0.15, -0.1) is 13.2 Å². The Morgan fingerprint density at radius 1 is 1.19 bits per heavy atom. The summed E-state index contributed by atoms with van der Waals surface area (Å²) in [4.78, 5) is 6.80. The highest BCUT2D eigenvalue weighted by atomic mass is 32.2. The van der Waals surface area contributed by atoms with Crippen molar-refractivity contribution in [2.75, 3.05) is 33.6 Å². The molecule has 0 aliphatic heterocycles. The van der Waals surface area contributed by atoms with Crippen LogP contribution in [0.2, 0.25) is 0 Å². The summed E-state index contributed by atoms with van der Waals surface area (Å²) in [6, 6.07) is 5.61. The minimum absolute atomic E-state index is 0.679. The van der Waals surface area contributed by atoms with Crippen molar-refractivity contribution in [3.05, 3.63) is 43.5 Å². The molecule has 4 nitrogen and oxygen atoms in total. The van der Waals surface area contributed by atoms with E-state index in [0.29, 0.717) is 30.3 Å². The first-order chi connectivity index (χ1) is 10.2. The van der Waals surface area contributed by atoms with E-state index in [1.54, 1.807) is 26.0 Å². The number of methoxy groups -OCH3 is 2. The molecule has 0 N–H and O–H groups in total. The van der Waals surface area contributed by atoms with Gasteiger partial charge in [0.15, 0.2) is 5.17 Å². The quantitative estimate of drug-likeness (QED) is 0.437. The van der Waals surface area contributed by atoms with Crippen LogP contribution in [0.4, 0.5) is 5.69 Å². The smallest absolute Gasteiger partial charge is 0.165 e. The van der Waals surface area contributed by atoms with Crippen LogP contribution < -0.4 is 9.47 Å². The van der Waals surface area contributed by atoms with Crippen LogP contribution in [0.15, 0.2) is 48.5 Å². The summed E-state index contributed by atoms with van der Waals surface area (Å²) in [7, 11) is 3.25. The second kappa shape index (κ2) is 9.13. The fraction of sp³-hybridized carbons (Fsp3) is 0.312. The van der Waals surface area contributed by atoms with Gasteiger partial charge < -0.3 is 14.4 Å². The van der Waals surface area contributed by atoms with Crippen LogP contribution in [0.1, 0.15) is 0 Å². The molecular weight excluding hydrogens is 284 g/mol. The lowest BCUT2D eigenvalue weighted by atomic mass is 10.2. The highest BCUT2D eigenvalue weighted by Gasteiger charge is 2.13. The third-order valence-corrected chi connectivity index (χ3v) is 3.48. The number of ether oxygens (including phenoxy) is 2. The van der Waals surface area contributed by atoms with Gasteiger partial charge in [-0.05, 0) is 18.4 Å². The van der Waals surface area contributed by atoms with E-state index in [4.69, 9.17) is 14.5 Å². The second-order valence-electron chi connectivity index (χ2n) is 4.09. The average Bonchev–Trinajstić information content (AvgIpc) is 2.52. The van der Waals surface area contributed by atoms with Crippen molar-refractivity contribution in [2.45, 2.75) is 0 Å². The Kier molecular flexibility index (Phi) is 7.46. The Hall–Kier alpha value is -1.88. The van der Waals surface area contributed by atoms with Gasteiger partial charge in [0.2, 0.25) is 0 Å². The molecule has 0 radical (unpaired) electrons. The molecule has 114 valence electrons. The molecule has 1 aromatic carbocycles. The van der Waals surface area contributed by atoms with Crippen molar-refractivity contribution >= 4 is 22.6 Å². The first-order valence-corrected chi connectivity index (χ1v) is 7.74. The van der Waals surface area contributed by atoms with E-state index in [0.717, 1.165) is 5.17 Å². The van der Waals surface area contributed by atoms with Gasteiger partial charge in [0.25, 0.3) is 0 Å². The standard InChI is InChI=1S/C16H22N2O2S/c1-6-11-18(12-7-2)16(21-5)17-15-13(19-3)9-8-10-14(15)20-4/h6-10H,1-2,11-12H2,3-5H3. The first kappa shape index (κ1) is 17.2. The van der Waals surface area contributed by atoms with Crippen molar-refractivity contribution in [3.8, 4) is 11.5 Å². The van der Waals surface area contributed by atoms with Gasteiger partial charge in [-0.25, -0.2) is 4.99 Å². The number of benzene rings is 1. The number of hydrogen-bond donors (Lipinski definition) is 0. The van der Waals surface area contributed by atoms with E-state index < -0.39 is 0 Å². The molecule has 0 saturated heterocycles. The van der Waals surface area contributed by atoms with E-state index in [1.165, 1.54) is 0 Å². The normalized spacial score (nSPS) is 10.9. The minimum Gasteiger partial charge on any atom is -0.494 e. The van der Waals surface area contributed by atoms with Crippen molar-refractivity contribution in [3.63, 3.8) is 0 Å². The van der Waals surface area contributed by atoms with Gasteiger partial charge >= 0.3 is 0 Å². The molecule has 0 spiro atoms. The molecule has 0 atom stereocenters. The number of aliphatic imine (C=N–C) groups is 1. The molecule has 1 rings (SSSR count). The zero-order chi connectivity index (χ0) is 15.7. The molecule has 0 aliphatic rings. The third kappa shape index (κ3) is 4.56. The van der Waals surface area contributed by atoms with Crippen molar-refractivity contribution in [2.24, 2.45) is 4.99 Å². The van der Waals surface area contributed by atoms with E-state index in [1.807, 2.05) is 36.6 Å². The van der Waals surface area contributed by atoms with Crippen LogP contribution in [-0.2, 0) is 0 Å². The number of para-hydroxylation sites is 1. The van der Waals surface area contributed by atoms with Gasteiger partial charge in [0.1, 0.15) is 17.2 Å². The lowest BCUT2D eigenvalue weighted by Gasteiger charge is -2.22. The van der Waals surface area contributed by atoms with Crippen LogP contribution in [0.3, 0.4) is 0 Å². The van der Waals surface area contributed by atoms with Crippen LogP contribution in [0.25, 0.3) is 0 Å².